The molecule has 2 heteroatoms. The average Bonchev–Trinajstić information content (AvgIpc) is 2.05. The second-order valence-electron chi connectivity index (χ2n) is 2.45. The molecular weight excluding hydrogens is 141 g/mol. The molecule has 0 aliphatic heterocycles. The standard InChI is InChI=1S/C9H12FN.H2/c1-2-7-4-3-5-8(6-11)9(7)10;/h3-5H,2,6,11H2,1H3;1H. The van der Waals surface area contributed by atoms with Crippen LogP contribution in [-0.4, -0.2) is 0 Å². The molecule has 0 saturated carbocycles. The maximum atomic E-state index is 13.2. The summed E-state index contributed by atoms with van der Waals surface area (Å²) in [6.07, 6.45) is 0.722. The Balaban J connectivity index is 0.00000121. The lowest BCUT2D eigenvalue weighted by atomic mass is 10.1. The third kappa shape index (κ3) is 1.57. The number of benzene rings is 1. The molecular formula is C9H14FN. The molecule has 0 aliphatic carbocycles. The Labute approximate surface area is 67.5 Å². The molecule has 1 aromatic rings. The Morgan fingerprint density at radius 3 is 2.64 bits per heavy atom. The molecule has 0 saturated heterocycles. The molecule has 1 aromatic carbocycles. The van der Waals surface area contributed by atoms with Gasteiger partial charge in [-0.1, -0.05) is 25.1 Å². The first kappa shape index (κ1) is 8.21. The maximum absolute atomic E-state index is 13.2. The first-order valence-electron chi connectivity index (χ1n) is 3.76. The van der Waals surface area contributed by atoms with Gasteiger partial charge >= 0.3 is 0 Å². The largest absolute Gasteiger partial charge is 0.326 e. The molecule has 0 heterocycles. The Kier molecular flexibility index (Phi) is 2.60. The molecule has 0 spiro atoms. The highest BCUT2D eigenvalue weighted by atomic mass is 19.1. The molecule has 0 aliphatic rings. The molecule has 0 unspecified atom stereocenters. The predicted octanol–water partition coefficient (Wildman–Crippen LogP) is 2.09. The molecule has 0 radical (unpaired) electrons. The van der Waals surface area contributed by atoms with E-state index >= 15 is 0 Å². The summed E-state index contributed by atoms with van der Waals surface area (Å²) in [5.41, 5.74) is 6.68. The maximum Gasteiger partial charge on any atom is 0.130 e. The number of halogens is 1. The van der Waals surface area contributed by atoms with Crippen LogP contribution in [0.15, 0.2) is 18.2 Å². The van der Waals surface area contributed by atoms with Crippen molar-refractivity contribution < 1.29 is 5.82 Å². The highest BCUT2D eigenvalue weighted by molar-refractivity contribution is 5.25. The lowest BCUT2D eigenvalue weighted by Crippen LogP contribution is -2.01. The summed E-state index contributed by atoms with van der Waals surface area (Å²) in [6, 6.07) is 5.34. The molecule has 11 heavy (non-hydrogen) atoms. The Bertz CT molecular complexity index is 228. The predicted molar refractivity (Wildman–Crippen MR) is 45.8 cm³/mol. The minimum Gasteiger partial charge on any atom is -0.326 e. The number of aryl methyl sites for hydroxylation is 1. The van der Waals surface area contributed by atoms with E-state index in [1.165, 1.54) is 0 Å². The molecule has 2 N–H and O–H groups in total. The van der Waals surface area contributed by atoms with Crippen LogP contribution in [0, 0.1) is 5.82 Å². The highest BCUT2D eigenvalue weighted by Gasteiger charge is 2.03. The van der Waals surface area contributed by atoms with Crippen LogP contribution in [0.4, 0.5) is 4.39 Å². The number of hydrogen-bond acceptors (Lipinski definition) is 1. The van der Waals surface area contributed by atoms with Gasteiger partial charge in [-0.2, -0.15) is 0 Å². The fraction of sp³-hybridized carbons (Fsp3) is 0.333. The summed E-state index contributed by atoms with van der Waals surface area (Å²) in [7, 11) is 0. The Hall–Kier alpha value is -0.890. The monoisotopic (exact) mass is 155 g/mol. The number of rotatable bonds is 2. The zero-order valence-electron chi connectivity index (χ0n) is 6.60. The topological polar surface area (TPSA) is 26.0 Å². The van der Waals surface area contributed by atoms with Gasteiger partial charge in [0.15, 0.2) is 0 Å². The summed E-state index contributed by atoms with van der Waals surface area (Å²) in [6.45, 7) is 2.21. The van der Waals surface area contributed by atoms with Gasteiger partial charge in [-0.05, 0) is 12.0 Å². The molecule has 1 nitrogen and oxygen atoms in total. The van der Waals surface area contributed by atoms with Gasteiger partial charge in [0.1, 0.15) is 5.82 Å². The normalized spacial score (nSPS) is 10.1. The van der Waals surface area contributed by atoms with Crippen molar-refractivity contribution in [1.82, 2.24) is 0 Å². The zero-order valence-corrected chi connectivity index (χ0v) is 6.60. The van der Waals surface area contributed by atoms with Gasteiger partial charge in [0.05, 0.1) is 0 Å². The van der Waals surface area contributed by atoms with Crippen LogP contribution in [0.1, 0.15) is 19.5 Å². The summed E-state index contributed by atoms with van der Waals surface area (Å²) in [5.74, 6) is -0.141. The third-order valence-corrected chi connectivity index (χ3v) is 1.76. The summed E-state index contributed by atoms with van der Waals surface area (Å²) in [4.78, 5) is 0. The van der Waals surface area contributed by atoms with Gasteiger partial charge in [0.25, 0.3) is 0 Å². The quantitative estimate of drug-likeness (QED) is 0.695. The van der Waals surface area contributed by atoms with E-state index in [1.54, 1.807) is 12.1 Å². The summed E-state index contributed by atoms with van der Waals surface area (Å²) < 4.78 is 13.2. The zero-order chi connectivity index (χ0) is 8.27. The van der Waals surface area contributed by atoms with Gasteiger partial charge < -0.3 is 5.73 Å². The summed E-state index contributed by atoms with van der Waals surface area (Å²) in [5, 5.41) is 0. The van der Waals surface area contributed by atoms with E-state index in [1.807, 2.05) is 13.0 Å². The third-order valence-electron chi connectivity index (χ3n) is 1.76. The lowest BCUT2D eigenvalue weighted by molar-refractivity contribution is 0.595. The van der Waals surface area contributed by atoms with E-state index in [-0.39, 0.29) is 13.8 Å². The smallest absolute Gasteiger partial charge is 0.130 e. The van der Waals surface area contributed by atoms with E-state index in [4.69, 9.17) is 5.73 Å². The molecule has 0 atom stereocenters. The van der Waals surface area contributed by atoms with Crippen molar-refractivity contribution in [3.05, 3.63) is 35.1 Å². The molecule has 0 fully saturated rings. The first-order chi connectivity index (χ1) is 5.29. The Morgan fingerprint density at radius 2 is 2.09 bits per heavy atom. The molecule has 1 rings (SSSR count). The van der Waals surface area contributed by atoms with Gasteiger partial charge in [0.2, 0.25) is 0 Å². The van der Waals surface area contributed by atoms with Crippen LogP contribution >= 0.6 is 0 Å². The van der Waals surface area contributed by atoms with Crippen LogP contribution < -0.4 is 5.73 Å². The SMILES string of the molecule is CCc1cccc(CN)c1F.[HH]. The Morgan fingerprint density at radius 1 is 1.45 bits per heavy atom. The van der Waals surface area contributed by atoms with E-state index in [0.29, 0.717) is 5.56 Å². The second-order valence-corrected chi connectivity index (χ2v) is 2.45. The van der Waals surface area contributed by atoms with Crippen molar-refractivity contribution in [2.24, 2.45) is 5.73 Å². The minimum absolute atomic E-state index is 0. The summed E-state index contributed by atoms with van der Waals surface area (Å²) >= 11 is 0. The van der Waals surface area contributed by atoms with Crippen molar-refractivity contribution in [3.63, 3.8) is 0 Å². The van der Waals surface area contributed by atoms with Crippen molar-refractivity contribution in [1.29, 1.82) is 0 Å². The van der Waals surface area contributed by atoms with Crippen LogP contribution in [0.2, 0.25) is 0 Å². The van der Waals surface area contributed by atoms with Gasteiger partial charge in [0, 0.05) is 13.5 Å². The minimum atomic E-state index is -0.141. The van der Waals surface area contributed by atoms with Crippen LogP contribution in [0.25, 0.3) is 0 Å². The number of hydrogen-bond donors (Lipinski definition) is 1. The van der Waals surface area contributed by atoms with Crippen molar-refractivity contribution in [2.45, 2.75) is 19.9 Å². The van der Waals surface area contributed by atoms with E-state index in [2.05, 4.69) is 0 Å². The van der Waals surface area contributed by atoms with Crippen molar-refractivity contribution >= 4 is 0 Å². The fourth-order valence-electron chi connectivity index (χ4n) is 1.06. The van der Waals surface area contributed by atoms with E-state index < -0.39 is 0 Å². The lowest BCUT2D eigenvalue weighted by Gasteiger charge is -2.03. The first-order valence-corrected chi connectivity index (χ1v) is 3.76. The van der Waals surface area contributed by atoms with Gasteiger partial charge in [-0.25, -0.2) is 4.39 Å². The highest BCUT2D eigenvalue weighted by Crippen LogP contribution is 2.12. The van der Waals surface area contributed by atoms with E-state index in [0.717, 1.165) is 12.0 Å². The van der Waals surface area contributed by atoms with Crippen LogP contribution in [-0.2, 0) is 13.0 Å². The number of nitrogens with two attached hydrogens (primary N) is 1. The van der Waals surface area contributed by atoms with Crippen molar-refractivity contribution in [2.75, 3.05) is 0 Å². The molecule has 0 bridgehead atoms. The average molecular weight is 155 g/mol. The van der Waals surface area contributed by atoms with E-state index in [9.17, 15) is 4.39 Å². The molecule has 0 aromatic heterocycles. The fourth-order valence-corrected chi connectivity index (χ4v) is 1.06. The van der Waals surface area contributed by atoms with Crippen LogP contribution in [0.3, 0.4) is 0 Å². The van der Waals surface area contributed by atoms with Gasteiger partial charge in [-0.15, -0.1) is 0 Å². The van der Waals surface area contributed by atoms with Crippen LogP contribution in [0.5, 0.6) is 0 Å². The molecule has 0 amide bonds. The molecule has 62 valence electrons. The second kappa shape index (κ2) is 3.49. The van der Waals surface area contributed by atoms with Gasteiger partial charge in [-0.3, -0.25) is 0 Å². The van der Waals surface area contributed by atoms with Crippen molar-refractivity contribution in [3.8, 4) is 0 Å².